The summed E-state index contributed by atoms with van der Waals surface area (Å²) in [6.07, 6.45) is 1.22. The van der Waals surface area contributed by atoms with E-state index in [0.29, 0.717) is 23.9 Å². The molecule has 0 aliphatic rings. The van der Waals surface area contributed by atoms with Crippen molar-refractivity contribution in [2.75, 3.05) is 12.8 Å². The number of aromatic nitrogens is 1. The topological polar surface area (TPSA) is 83.5 Å². The molecule has 0 aliphatic carbocycles. The van der Waals surface area contributed by atoms with Gasteiger partial charge in [0.15, 0.2) is 15.8 Å². The van der Waals surface area contributed by atoms with Crippen LogP contribution in [0.15, 0.2) is 63.8 Å². The van der Waals surface area contributed by atoms with Crippen LogP contribution in [0.3, 0.4) is 0 Å². The van der Waals surface area contributed by atoms with E-state index in [1.54, 1.807) is 24.3 Å². The summed E-state index contributed by atoms with van der Waals surface area (Å²) in [7, 11) is -3.21. The van der Waals surface area contributed by atoms with Gasteiger partial charge < -0.3 is 10.6 Å². The predicted octanol–water partition coefficient (Wildman–Crippen LogP) is 3.78. The maximum absolute atomic E-state index is 11.8. The zero-order valence-corrected chi connectivity index (χ0v) is 19.0. The summed E-state index contributed by atoms with van der Waals surface area (Å²) < 4.78 is 23.6. The Morgan fingerprint density at radius 1 is 1.13 bits per heavy atom. The number of sulfone groups is 1. The number of thiazole rings is 1. The second-order valence-electron chi connectivity index (χ2n) is 6.91. The van der Waals surface area contributed by atoms with Gasteiger partial charge in [-0.15, -0.1) is 11.3 Å². The van der Waals surface area contributed by atoms with Crippen LogP contribution in [0.2, 0.25) is 0 Å². The fourth-order valence-electron chi connectivity index (χ4n) is 3.03. The smallest absolute Gasteiger partial charge is 0.191 e. The highest BCUT2D eigenvalue weighted by Gasteiger charge is 2.11. The van der Waals surface area contributed by atoms with Crippen molar-refractivity contribution in [2.45, 2.75) is 31.8 Å². The molecule has 30 heavy (non-hydrogen) atoms. The van der Waals surface area contributed by atoms with Crippen LogP contribution in [0.25, 0.3) is 11.3 Å². The molecular weight excluding hydrogens is 416 g/mol. The Morgan fingerprint density at radius 2 is 1.90 bits per heavy atom. The molecule has 1 aromatic heterocycles. The minimum Gasteiger partial charge on any atom is -0.357 e. The molecule has 0 atom stereocenters. The van der Waals surface area contributed by atoms with Crippen molar-refractivity contribution >= 4 is 27.1 Å². The van der Waals surface area contributed by atoms with Gasteiger partial charge in [0.2, 0.25) is 0 Å². The number of nitrogens with one attached hydrogen (secondary N) is 2. The SMILES string of the molecule is CCNC(=NCc1ccc(S(C)(=O)=O)c(C)c1)NCc1nc(-c2ccccc2)cs1. The highest BCUT2D eigenvalue weighted by Crippen LogP contribution is 2.21. The van der Waals surface area contributed by atoms with Crippen LogP contribution in [0.4, 0.5) is 0 Å². The van der Waals surface area contributed by atoms with Crippen molar-refractivity contribution < 1.29 is 8.42 Å². The monoisotopic (exact) mass is 442 g/mol. The molecule has 0 radical (unpaired) electrons. The Morgan fingerprint density at radius 3 is 2.57 bits per heavy atom. The minimum absolute atomic E-state index is 0.359. The quantitative estimate of drug-likeness (QED) is 0.430. The van der Waals surface area contributed by atoms with Crippen molar-refractivity contribution in [1.29, 1.82) is 0 Å². The average molecular weight is 443 g/mol. The Kier molecular flexibility index (Phi) is 7.23. The number of hydrogen-bond acceptors (Lipinski definition) is 5. The largest absolute Gasteiger partial charge is 0.357 e. The number of aryl methyl sites for hydroxylation is 1. The second kappa shape index (κ2) is 9.86. The molecule has 2 N–H and O–H groups in total. The number of guanidine groups is 1. The van der Waals surface area contributed by atoms with Gasteiger partial charge in [-0.25, -0.2) is 18.4 Å². The molecule has 3 aromatic rings. The molecule has 158 valence electrons. The van der Waals surface area contributed by atoms with Gasteiger partial charge in [0, 0.05) is 23.7 Å². The van der Waals surface area contributed by atoms with Crippen LogP contribution in [0, 0.1) is 6.92 Å². The Bertz CT molecular complexity index is 1120. The van der Waals surface area contributed by atoms with Gasteiger partial charge in [0.25, 0.3) is 0 Å². The second-order valence-corrected chi connectivity index (χ2v) is 9.84. The van der Waals surface area contributed by atoms with E-state index in [-0.39, 0.29) is 0 Å². The van der Waals surface area contributed by atoms with Crippen LogP contribution in [-0.2, 0) is 22.9 Å². The van der Waals surface area contributed by atoms with E-state index < -0.39 is 9.84 Å². The first-order chi connectivity index (χ1) is 14.4. The molecule has 0 bridgehead atoms. The molecular formula is C22H26N4O2S2. The maximum Gasteiger partial charge on any atom is 0.191 e. The number of hydrogen-bond donors (Lipinski definition) is 2. The summed E-state index contributed by atoms with van der Waals surface area (Å²) in [5.41, 5.74) is 3.77. The summed E-state index contributed by atoms with van der Waals surface area (Å²) in [6.45, 7) is 5.59. The molecule has 6 nitrogen and oxygen atoms in total. The van der Waals surface area contributed by atoms with Crippen LogP contribution in [-0.4, -0.2) is 32.2 Å². The summed E-state index contributed by atoms with van der Waals surface area (Å²) in [5.74, 6) is 0.693. The van der Waals surface area contributed by atoms with Crippen LogP contribution in [0.5, 0.6) is 0 Å². The van der Waals surface area contributed by atoms with Crippen molar-refractivity contribution in [3.63, 3.8) is 0 Å². The standard InChI is InChI=1S/C22H26N4O2S2/c1-4-23-22(24-13-17-10-11-20(16(2)12-17)30(3,27)28)25-14-21-26-19(15-29-21)18-8-6-5-7-9-18/h5-12,15H,4,13-14H2,1-3H3,(H2,23,24,25). The summed E-state index contributed by atoms with van der Waals surface area (Å²) >= 11 is 1.61. The normalized spacial score (nSPS) is 12.0. The summed E-state index contributed by atoms with van der Waals surface area (Å²) in [4.78, 5) is 9.67. The van der Waals surface area contributed by atoms with Gasteiger partial charge in [-0.2, -0.15) is 0 Å². The zero-order chi connectivity index (χ0) is 21.6. The molecule has 3 rings (SSSR count). The molecule has 2 aromatic carbocycles. The highest BCUT2D eigenvalue weighted by atomic mass is 32.2. The molecule has 0 saturated heterocycles. The molecule has 0 amide bonds. The van der Waals surface area contributed by atoms with E-state index in [4.69, 9.17) is 4.98 Å². The fourth-order valence-corrected chi connectivity index (χ4v) is 4.73. The Balaban J connectivity index is 1.65. The lowest BCUT2D eigenvalue weighted by atomic mass is 10.1. The first-order valence-electron chi connectivity index (χ1n) is 9.68. The first kappa shape index (κ1) is 22.0. The Hall–Kier alpha value is -2.71. The highest BCUT2D eigenvalue weighted by molar-refractivity contribution is 7.90. The van der Waals surface area contributed by atoms with Gasteiger partial charge in [-0.3, -0.25) is 0 Å². The molecule has 0 spiro atoms. The number of rotatable bonds is 7. The van der Waals surface area contributed by atoms with Crippen molar-refractivity contribution in [3.05, 3.63) is 70.0 Å². The van der Waals surface area contributed by atoms with Crippen LogP contribution in [0.1, 0.15) is 23.1 Å². The van der Waals surface area contributed by atoms with Gasteiger partial charge >= 0.3 is 0 Å². The van der Waals surface area contributed by atoms with Crippen molar-refractivity contribution in [2.24, 2.45) is 4.99 Å². The third-order valence-corrected chi connectivity index (χ3v) is 6.54. The Labute approximate surface area is 182 Å². The molecule has 0 unspecified atom stereocenters. The number of benzene rings is 2. The van der Waals surface area contributed by atoms with Crippen LogP contribution < -0.4 is 10.6 Å². The van der Waals surface area contributed by atoms with E-state index in [0.717, 1.165) is 33.9 Å². The molecule has 1 heterocycles. The van der Waals surface area contributed by atoms with E-state index in [2.05, 4.69) is 33.1 Å². The molecule has 0 saturated carbocycles. The fraction of sp³-hybridized carbons (Fsp3) is 0.273. The lowest BCUT2D eigenvalue weighted by Gasteiger charge is -2.11. The maximum atomic E-state index is 11.8. The number of aliphatic imine (C=N–C) groups is 1. The van der Waals surface area contributed by atoms with E-state index >= 15 is 0 Å². The van der Waals surface area contributed by atoms with Crippen LogP contribution >= 0.6 is 11.3 Å². The summed E-state index contributed by atoms with van der Waals surface area (Å²) in [6, 6.07) is 15.4. The van der Waals surface area contributed by atoms with Crippen molar-refractivity contribution in [1.82, 2.24) is 15.6 Å². The van der Waals surface area contributed by atoms with E-state index in [1.807, 2.05) is 37.3 Å². The lowest BCUT2D eigenvalue weighted by molar-refractivity contribution is 0.601. The third kappa shape index (κ3) is 5.90. The predicted molar refractivity (Wildman–Crippen MR) is 123 cm³/mol. The molecule has 8 heteroatoms. The van der Waals surface area contributed by atoms with Gasteiger partial charge in [-0.1, -0.05) is 42.5 Å². The van der Waals surface area contributed by atoms with Gasteiger partial charge in [0.05, 0.1) is 23.7 Å². The van der Waals surface area contributed by atoms with E-state index in [1.165, 1.54) is 6.26 Å². The summed E-state index contributed by atoms with van der Waals surface area (Å²) in [5, 5.41) is 9.58. The number of nitrogens with zero attached hydrogens (tertiary/aromatic N) is 2. The van der Waals surface area contributed by atoms with Crippen molar-refractivity contribution in [3.8, 4) is 11.3 Å². The zero-order valence-electron chi connectivity index (χ0n) is 17.3. The van der Waals surface area contributed by atoms with E-state index in [9.17, 15) is 8.42 Å². The lowest BCUT2D eigenvalue weighted by Crippen LogP contribution is -2.36. The molecule has 0 fully saturated rings. The molecule has 0 aliphatic heterocycles. The first-order valence-corrected chi connectivity index (χ1v) is 12.5. The average Bonchev–Trinajstić information content (AvgIpc) is 3.19. The third-order valence-electron chi connectivity index (χ3n) is 4.43. The van der Waals surface area contributed by atoms with Gasteiger partial charge in [0.1, 0.15) is 5.01 Å². The van der Waals surface area contributed by atoms with Gasteiger partial charge in [-0.05, 0) is 31.0 Å². The minimum atomic E-state index is -3.21.